The molecular weight excluding hydrogens is 1450 g/mol. The summed E-state index contributed by atoms with van der Waals surface area (Å²) in [6.07, 6.45) is 25.7. The molecule has 0 radical (unpaired) electrons. The minimum absolute atomic E-state index is 0.111. The Labute approximate surface area is 691 Å². The van der Waals surface area contributed by atoms with E-state index < -0.39 is 17.7 Å². The lowest BCUT2D eigenvalue weighted by atomic mass is 9.84. The number of furan rings is 4. The third-order valence-electron chi connectivity index (χ3n) is 24.9. The Hall–Kier alpha value is -12.8. The second kappa shape index (κ2) is 30.4. The molecule has 118 heavy (non-hydrogen) atoms. The quantitative estimate of drug-likeness (QED) is 0.145. The molecule has 22 rings (SSSR count). The summed E-state index contributed by atoms with van der Waals surface area (Å²) in [6.45, 7) is 19.0. The maximum atomic E-state index is 9.02. The van der Waals surface area contributed by atoms with E-state index in [2.05, 4.69) is 290 Å². The molecule has 2 saturated carbocycles. The van der Waals surface area contributed by atoms with E-state index in [1.165, 1.54) is 39.4 Å². The van der Waals surface area contributed by atoms with E-state index in [4.69, 9.17) is 21.8 Å². The average Bonchev–Trinajstić information content (AvgIpc) is 1.61. The smallest absolute Gasteiger partial charge is 0.227 e. The van der Waals surface area contributed by atoms with Gasteiger partial charge in [0, 0.05) is 119 Å². The first-order valence-corrected chi connectivity index (χ1v) is 41.6. The molecule has 12 nitrogen and oxygen atoms in total. The number of aryl methyl sites for hydroxylation is 8. The van der Waals surface area contributed by atoms with E-state index in [9.17, 15) is 0 Å². The summed E-state index contributed by atoms with van der Waals surface area (Å²) in [6, 6.07) is 67.8. The van der Waals surface area contributed by atoms with Crippen LogP contribution in [0.15, 0.2) is 261 Å². The van der Waals surface area contributed by atoms with Crippen LogP contribution in [-0.2, 0) is 33.6 Å². The molecule has 8 aromatic carbocycles. The van der Waals surface area contributed by atoms with Crippen LogP contribution in [0.2, 0.25) is 0 Å². The summed E-state index contributed by atoms with van der Waals surface area (Å²) in [7, 11) is 8.30. The van der Waals surface area contributed by atoms with Crippen molar-refractivity contribution in [2.75, 3.05) is 0 Å². The van der Waals surface area contributed by atoms with E-state index in [0.29, 0.717) is 22.9 Å². The highest BCUT2D eigenvalue weighted by Crippen LogP contribution is 2.46. The molecule has 20 aromatic rings. The molecule has 2 aliphatic rings. The topological polar surface area (TPSA) is 120 Å². The Bertz CT molecular complexity index is 7360. The zero-order valence-electron chi connectivity index (χ0n) is 72.7. The number of hydrogen-bond donors (Lipinski definition) is 0. The second-order valence-electron chi connectivity index (χ2n) is 33.9. The molecule has 0 unspecified atom stereocenters. The van der Waals surface area contributed by atoms with Crippen LogP contribution in [0.4, 0.5) is 0 Å². The van der Waals surface area contributed by atoms with E-state index in [-0.39, 0.29) is 5.41 Å². The van der Waals surface area contributed by atoms with Gasteiger partial charge in [-0.05, 0) is 145 Å². The summed E-state index contributed by atoms with van der Waals surface area (Å²) in [5.41, 5.74) is 24.3. The summed E-state index contributed by atoms with van der Waals surface area (Å²) in [5, 5.41) is 17.8. The van der Waals surface area contributed by atoms with E-state index in [0.717, 1.165) is 216 Å². The molecule has 12 heteroatoms. The Morgan fingerprint density at radius 2 is 0.627 bits per heavy atom. The van der Waals surface area contributed by atoms with Gasteiger partial charge in [-0.2, -0.15) is 0 Å². The molecule has 0 bridgehead atoms. The van der Waals surface area contributed by atoms with Crippen molar-refractivity contribution in [2.24, 2.45) is 28.2 Å². The van der Waals surface area contributed by atoms with Gasteiger partial charge < -0.3 is 17.7 Å². The highest BCUT2D eigenvalue weighted by molar-refractivity contribution is 6.23. The molecule has 2 aliphatic carbocycles. The summed E-state index contributed by atoms with van der Waals surface area (Å²) in [4.78, 5) is 18.4. The molecule has 584 valence electrons. The molecule has 0 spiro atoms. The summed E-state index contributed by atoms with van der Waals surface area (Å²) in [5.74, 6) is -1.54. The van der Waals surface area contributed by atoms with Crippen LogP contribution >= 0.6 is 0 Å². The lowest BCUT2D eigenvalue weighted by Crippen LogP contribution is -2.33. The number of benzene rings is 8. The van der Waals surface area contributed by atoms with Crippen molar-refractivity contribution in [3.05, 3.63) is 288 Å². The molecule has 0 saturated heterocycles. The maximum Gasteiger partial charge on any atom is 0.227 e. The van der Waals surface area contributed by atoms with E-state index in [1.54, 1.807) is 0 Å². The Morgan fingerprint density at radius 3 is 0.924 bits per heavy atom. The zero-order valence-corrected chi connectivity index (χ0v) is 69.7. The zero-order chi connectivity index (χ0) is 83.7. The van der Waals surface area contributed by atoms with Crippen molar-refractivity contribution in [3.8, 4) is 45.0 Å². The first-order valence-electron chi connectivity index (χ1n) is 43.1. The molecule has 0 aliphatic heterocycles. The predicted molar refractivity (Wildman–Crippen MR) is 481 cm³/mol. The molecule has 12 heterocycles. The van der Waals surface area contributed by atoms with Crippen LogP contribution in [-0.4, -0.2) is 19.9 Å². The van der Waals surface area contributed by atoms with Crippen molar-refractivity contribution < 1.29 is 40.0 Å². The molecule has 0 atom stereocenters. The first-order chi connectivity index (χ1) is 58.3. The van der Waals surface area contributed by atoms with E-state index >= 15 is 0 Å². The van der Waals surface area contributed by atoms with Crippen LogP contribution in [0.1, 0.15) is 159 Å². The normalized spacial score (nSPS) is 14.7. The van der Waals surface area contributed by atoms with Crippen LogP contribution in [0, 0.1) is 27.7 Å². The number of aromatic nitrogens is 8. The van der Waals surface area contributed by atoms with Gasteiger partial charge in [-0.1, -0.05) is 212 Å². The fourth-order valence-electron chi connectivity index (χ4n) is 18.5. The van der Waals surface area contributed by atoms with Crippen molar-refractivity contribution in [1.29, 1.82) is 0 Å². The number of rotatable bonds is 7. The molecule has 12 aromatic heterocycles. The average molecular weight is 1550 g/mol. The third-order valence-corrected chi connectivity index (χ3v) is 24.9. The van der Waals surface area contributed by atoms with Gasteiger partial charge >= 0.3 is 0 Å². The van der Waals surface area contributed by atoms with Gasteiger partial charge in [0.1, 0.15) is 28.2 Å². The largest absolute Gasteiger partial charge is 0.437 e. The number of fused-ring (bicyclic) bond motifs is 20. The van der Waals surface area contributed by atoms with Crippen molar-refractivity contribution >= 4 is 131 Å². The Kier molecular flexibility index (Phi) is 18.5. The Morgan fingerprint density at radius 1 is 0.339 bits per heavy atom. The van der Waals surface area contributed by atoms with Gasteiger partial charge in [-0.3, -0.25) is 0 Å². The van der Waals surface area contributed by atoms with E-state index in [1.807, 2.05) is 82.2 Å². The van der Waals surface area contributed by atoms with Crippen LogP contribution in [0.25, 0.3) is 176 Å². The van der Waals surface area contributed by atoms with Gasteiger partial charge in [-0.15, -0.1) is 0 Å². The van der Waals surface area contributed by atoms with Gasteiger partial charge in [0.2, 0.25) is 45.6 Å². The predicted octanol–water partition coefficient (Wildman–Crippen LogP) is 25.9. The first kappa shape index (κ1) is 71.7. The number of nitrogens with zero attached hydrogens (tertiary/aromatic N) is 8. The van der Waals surface area contributed by atoms with Crippen molar-refractivity contribution in [3.63, 3.8) is 0 Å². The fourth-order valence-corrected chi connectivity index (χ4v) is 18.5. The van der Waals surface area contributed by atoms with Crippen molar-refractivity contribution in [2.45, 2.75) is 143 Å². The van der Waals surface area contributed by atoms with Gasteiger partial charge in [0.25, 0.3) is 0 Å². The summed E-state index contributed by atoms with van der Waals surface area (Å²) < 4.78 is 60.3. The summed E-state index contributed by atoms with van der Waals surface area (Å²) >= 11 is 0. The second-order valence-corrected chi connectivity index (χ2v) is 33.9. The third kappa shape index (κ3) is 13.3. The van der Waals surface area contributed by atoms with Crippen LogP contribution in [0.5, 0.6) is 0 Å². The van der Waals surface area contributed by atoms with Crippen LogP contribution in [0.3, 0.4) is 0 Å². The standard InChI is InChI=1S/C28H27N2O.C27H25N2O.C26H25N2O.C25H23N2O/c1-18-12-14-23-26-22-11-7-6-10-20(22)16-29-28(26)31-27(23)25(18)24-15-13-21(17-30(24)2)19-8-4-3-5-9-19;1-17-11-13-22-25-21-10-6-5-9-19(21)15-28-27(25)30-26(22)24(17)23-14-12-20(16-29(23)2)18-7-3-4-8-18;1-16-10-12-20-23-19-9-7-6-8-17(19)14-27-25(23)29-24(20)22(16)21-13-11-18(15-28(21)5)26(2,3)4;1-15(2)18-10-12-21(27(4)14-18)22-16(3)9-11-20-23-19-8-6-5-7-17(19)13-26-25(23)28-24(20)22/h6-7,10-17,19H,3-5,8-9H2,1-2H3;5-6,9-16,18H,3-4,7-8H2,1-2H3;6-15H,1-5H3;5-15H,1-4H3/q4*+1/i19D;18D;;15D. The van der Waals surface area contributed by atoms with Gasteiger partial charge in [0.15, 0.2) is 47.1 Å². The van der Waals surface area contributed by atoms with Gasteiger partial charge in [0.05, 0.1) is 43.8 Å². The van der Waals surface area contributed by atoms with Crippen molar-refractivity contribution in [1.82, 2.24) is 19.9 Å². The minimum Gasteiger partial charge on any atom is -0.437 e. The van der Waals surface area contributed by atoms with Crippen LogP contribution < -0.4 is 18.3 Å². The lowest BCUT2D eigenvalue weighted by Gasteiger charge is -2.21. The number of hydrogen-bond acceptors (Lipinski definition) is 8. The monoisotopic (exact) mass is 1550 g/mol. The highest BCUT2D eigenvalue weighted by atomic mass is 16.4. The highest BCUT2D eigenvalue weighted by Gasteiger charge is 2.31. The molecule has 0 amide bonds. The fraction of sp³-hybridized carbons (Fsp3) is 0.245. The minimum atomic E-state index is -0.639. The number of pyridine rings is 8. The van der Waals surface area contributed by atoms with Gasteiger partial charge in [-0.25, -0.2) is 38.2 Å². The molecule has 0 N–H and O–H groups in total. The SMILES string of the molecule is Cc1ccc2c(oc3ncc4ccccc4c32)c1-c1ccc(C(C)(C)C)c[n+]1C.[2H]C(C)(C)c1ccc(-c2c(C)ccc3c2oc2ncc4ccccc4c23)[n+](C)c1.[2H]C1(c2ccc(-c3c(C)ccc4c3oc3ncc5ccccc5c34)[n+](C)c2)CCCC1.[2H]C1(c2ccc(-c3c(C)ccc4c3oc3ncc5ccccc5c34)[n+](C)c2)CCCCC1. The molecular formula is C106H100N8O4+4. The lowest BCUT2D eigenvalue weighted by molar-refractivity contribution is -0.661. The Balaban J connectivity index is 0.000000107. The molecule has 2 fully saturated rings. The maximum absolute atomic E-state index is 9.02.